The molecule has 3 aromatic rings. The molecule has 0 fully saturated rings. The van der Waals surface area contributed by atoms with Crippen molar-refractivity contribution in [1.29, 1.82) is 0 Å². The van der Waals surface area contributed by atoms with Crippen molar-refractivity contribution in [3.8, 4) is 11.5 Å². The predicted octanol–water partition coefficient (Wildman–Crippen LogP) is 3.66. The van der Waals surface area contributed by atoms with Gasteiger partial charge in [-0.2, -0.15) is 0 Å². The second kappa shape index (κ2) is 10.7. The monoisotopic (exact) mass is 490 g/mol. The van der Waals surface area contributed by atoms with Crippen molar-refractivity contribution in [3.63, 3.8) is 0 Å². The molecule has 1 atom stereocenters. The molecule has 0 saturated heterocycles. The number of fused-ring (bicyclic) bond motifs is 2. The van der Waals surface area contributed by atoms with E-state index in [1.54, 1.807) is 25.3 Å². The van der Waals surface area contributed by atoms with Gasteiger partial charge in [-0.1, -0.05) is 62.0 Å². The Balaban J connectivity index is 0.00000306. The average molecular weight is 490 g/mol. The van der Waals surface area contributed by atoms with E-state index in [-0.39, 0.29) is 47.0 Å². The summed E-state index contributed by atoms with van der Waals surface area (Å²) in [5, 5.41) is 0. The number of hydrogen-bond acceptors (Lipinski definition) is 6. The van der Waals surface area contributed by atoms with E-state index in [4.69, 9.17) is 13.8 Å². The molecule has 0 radical (unpaired) electrons. The molecule has 5 nitrogen and oxygen atoms in total. The Morgan fingerprint density at radius 2 is 1.73 bits per heavy atom. The van der Waals surface area contributed by atoms with Crippen LogP contribution in [0.2, 0.25) is 0 Å². The average Bonchev–Trinajstić information content (AvgIpc) is 2.89. The first-order valence-corrected chi connectivity index (χ1v) is 12.5. The summed E-state index contributed by atoms with van der Waals surface area (Å²) < 4.78 is 29.6. The summed E-state index contributed by atoms with van der Waals surface area (Å²) in [4.78, 5) is 14.8. The van der Waals surface area contributed by atoms with Crippen LogP contribution in [0.15, 0.2) is 70.5 Å². The van der Waals surface area contributed by atoms with Crippen molar-refractivity contribution < 1.29 is 52.8 Å². The van der Waals surface area contributed by atoms with Gasteiger partial charge in [-0.25, -0.2) is 4.57 Å². The molecule has 33 heavy (non-hydrogen) atoms. The van der Waals surface area contributed by atoms with Gasteiger partial charge in [0.15, 0.2) is 0 Å². The van der Waals surface area contributed by atoms with Crippen LogP contribution in [0, 0.1) is 6.92 Å². The molecule has 1 aliphatic rings. The third-order valence-corrected chi connectivity index (χ3v) is 7.15. The molecule has 0 amide bonds. The molecule has 0 aliphatic carbocycles. The molecule has 0 spiro atoms. The zero-order chi connectivity index (χ0) is 22.9. The van der Waals surface area contributed by atoms with E-state index in [0.717, 1.165) is 26.5 Å². The van der Waals surface area contributed by atoms with E-state index in [0.29, 0.717) is 11.3 Å². The number of ether oxygens (including phenoxy) is 1. The fraction of sp³-hybridized carbons (Fsp3) is 0.200. The molecule has 1 unspecified atom stereocenters. The van der Waals surface area contributed by atoms with Gasteiger partial charge in [0.05, 0.1) is 12.0 Å². The smallest absolute Gasteiger partial charge is 0.736 e. The fourth-order valence-corrected chi connectivity index (χ4v) is 5.50. The summed E-state index contributed by atoms with van der Waals surface area (Å²) in [6.07, 6.45) is 1.72. The summed E-state index contributed by atoms with van der Waals surface area (Å²) in [7, 11) is -3.16. The summed E-state index contributed by atoms with van der Waals surface area (Å²) in [6, 6.07) is 18.7. The molecule has 1 heterocycles. The van der Waals surface area contributed by atoms with Crippen molar-refractivity contribution >= 4 is 31.4 Å². The molecule has 3 aromatic carbocycles. The van der Waals surface area contributed by atoms with Crippen LogP contribution >= 0.6 is 19.6 Å². The van der Waals surface area contributed by atoms with Gasteiger partial charge < -0.3 is 18.7 Å². The number of phosphoric ester groups is 1. The third-order valence-electron chi connectivity index (χ3n) is 5.09. The van der Waals surface area contributed by atoms with Gasteiger partial charge in [-0.15, -0.1) is 0 Å². The zero-order valence-corrected chi connectivity index (χ0v) is 23.0. The summed E-state index contributed by atoms with van der Waals surface area (Å²) in [6.45, 7) is 5.86. The minimum Gasteiger partial charge on any atom is -0.736 e. The van der Waals surface area contributed by atoms with Crippen molar-refractivity contribution in [2.75, 3.05) is 7.11 Å². The largest absolute Gasteiger partial charge is 1.00 e. The van der Waals surface area contributed by atoms with Gasteiger partial charge in [0.2, 0.25) is 0 Å². The molecule has 0 aromatic heterocycles. The Morgan fingerprint density at radius 3 is 2.45 bits per heavy atom. The summed E-state index contributed by atoms with van der Waals surface area (Å²) in [5.41, 5.74) is 3.18. The van der Waals surface area contributed by atoms with Crippen LogP contribution in [0.4, 0.5) is 0 Å². The first-order valence-electron chi connectivity index (χ1n) is 10.2. The topological polar surface area (TPSA) is 67.8 Å². The van der Waals surface area contributed by atoms with Gasteiger partial charge in [-0.3, -0.25) is 0 Å². The van der Waals surface area contributed by atoms with Gasteiger partial charge in [0, 0.05) is 10.5 Å². The number of methoxy groups -OCH3 is 1. The molecular weight excluding hydrogens is 466 g/mol. The zero-order valence-electron chi connectivity index (χ0n) is 19.3. The van der Waals surface area contributed by atoms with Crippen LogP contribution < -0.4 is 43.7 Å². The number of benzene rings is 3. The standard InChI is InChI=1S/C25H25O5PS.Na/c1-16(2)19-13-12-17(3)14-22(19)29-31(26,27)30-23-15-18-8-5-6-11-24(18)32-25-20(23)9-7-10-21(25)28-4;/h5-16H,1-4H3,(H,26,27);/q;+1/p-1. The first kappa shape index (κ1) is 26.0. The van der Waals surface area contributed by atoms with Crippen LogP contribution in [0.3, 0.4) is 0 Å². The first-order chi connectivity index (χ1) is 15.3. The van der Waals surface area contributed by atoms with E-state index < -0.39 is 7.82 Å². The van der Waals surface area contributed by atoms with Gasteiger partial charge in [0.1, 0.15) is 17.3 Å². The summed E-state index contributed by atoms with van der Waals surface area (Å²) >= 11 is 1.51. The minimum absolute atomic E-state index is 0. The number of phosphoric acid groups is 1. The van der Waals surface area contributed by atoms with E-state index in [2.05, 4.69) is 0 Å². The van der Waals surface area contributed by atoms with Crippen LogP contribution in [0.25, 0.3) is 11.8 Å². The van der Waals surface area contributed by atoms with Crippen molar-refractivity contribution in [2.24, 2.45) is 0 Å². The Bertz CT molecular complexity index is 1240. The van der Waals surface area contributed by atoms with Crippen LogP contribution in [-0.2, 0) is 9.09 Å². The van der Waals surface area contributed by atoms with Crippen molar-refractivity contribution in [3.05, 3.63) is 82.9 Å². The SMILES string of the molecule is COc1cccc2c1Sc1ccccc1C=C2OP(=O)([O-])Oc1cc(C)ccc1C(C)C.[Na+]. The number of hydrogen-bond donors (Lipinski definition) is 0. The predicted molar refractivity (Wildman–Crippen MR) is 126 cm³/mol. The molecule has 166 valence electrons. The maximum atomic E-state index is 13.0. The second-order valence-electron chi connectivity index (χ2n) is 7.81. The number of rotatable bonds is 6. The number of aryl methyl sites for hydroxylation is 1. The molecular formula is C25H24NaO5PS. The molecule has 1 aliphatic heterocycles. The van der Waals surface area contributed by atoms with E-state index in [9.17, 15) is 9.46 Å². The maximum absolute atomic E-state index is 13.0. The normalized spacial score (nSPS) is 14.1. The Hall–Kier alpha value is -1.66. The third kappa shape index (κ3) is 5.89. The molecule has 4 rings (SSSR count). The molecule has 0 N–H and O–H groups in total. The van der Waals surface area contributed by atoms with Gasteiger partial charge in [0.25, 0.3) is 0 Å². The second-order valence-corrected chi connectivity index (χ2v) is 10.1. The van der Waals surface area contributed by atoms with Gasteiger partial charge >= 0.3 is 37.4 Å². The van der Waals surface area contributed by atoms with Crippen LogP contribution in [0.1, 0.15) is 42.0 Å². The van der Waals surface area contributed by atoms with E-state index in [1.807, 2.05) is 69.3 Å². The molecule has 0 saturated carbocycles. The van der Waals surface area contributed by atoms with E-state index in [1.165, 1.54) is 11.8 Å². The van der Waals surface area contributed by atoms with E-state index >= 15 is 0 Å². The molecule has 8 heteroatoms. The Labute approximate surface area is 221 Å². The van der Waals surface area contributed by atoms with Gasteiger partial charge in [-0.05, 0) is 59.9 Å². The van der Waals surface area contributed by atoms with Crippen molar-refractivity contribution in [2.45, 2.75) is 36.5 Å². The molecule has 0 bridgehead atoms. The fourth-order valence-electron chi connectivity index (χ4n) is 3.53. The Kier molecular flexibility index (Phi) is 8.44. The minimum atomic E-state index is -4.75. The van der Waals surface area contributed by atoms with Crippen LogP contribution in [-0.4, -0.2) is 7.11 Å². The Morgan fingerprint density at radius 1 is 0.970 bits per heavy atom. The van der Waals surface area contributed by atoms with Crippen molar-refractivity contribution in [1.82, 2.24) is 0 Å². The summed E-state index contributed by atoms with van der Waals surface area (Å²) in [5.74, 6) is 1.21. The maximum Gasteiger partial charge on any atom is 1.00 e. The quantitative estimate of drug-likeness (QED) is 0.388. The van der Waals surface area contributed by atoms with Crippen LogP contribution in [0.5, 0.6) is 11.5 Å².